The fourth-order valence-corrected chi connectivity index (χ4v) is 0.890. The maximum Gasteiger partial charge on any atom is 0.155 e. The molecule has 1 N–H and O–H groups in total. The molecule has 0 saturated carbocycles. The molecule has 1 aromatic rings. The van der Waals surface area contributed by atoms with Gasteiger partial charge in [0.15, 0.2) is 12.1 Å². The van der Waals surface area contributed by atoms with Gasteiger partial charge in [-0.05, 0) is 6.92 Å². The van der Waals surface area contributed by atoms with Gasteiger partial charge in [0, 0.05) is 11.8 Å². The van der Waals surface area contributed by atoms with Crippen LogP contribution in [0.1, 0.15) is 21.6 Å². The van der Waals surface area contributed by atoms with Crippen LogP contribution >= 0.6 is 0 Å². The second-order valence-electron chi connectivity index (χ2n) is 2.37. The molecule has 0 aliphatic carbocycles. The largest absolute Gasteiger partial charge is 0.392 e. The molecule has 0 saturated heterocycles. The van der Waals surface area contributed by atoms with Crippen LogP contribution in [-0.2, 0) is 6.61 Å². The van der Waals surface area contributed by atoms with Crippen molar-refractivity contribution in [2.24, 2.45) is 0 Å². The lowest BCUT2D eigenvalue weighted by Crippen LogP contribution is -2.01. The summed E-state index contributed by atoms with van der Waals surface area (Å²) in [5.74, 6) is -0.656. The smallest absolute Gasteiger partial charge is 0.155 e. The number of carbonyl (C=O) groups is 1. The van der Waals surface area contributed by atoms with Crippen molar-refractivity contribution in [3.63, 3.8) is 0 Å². The highest BCUT2D eigenvalue weighted by Gasteiger charge is 2.10. The van der Waals surface area contributed by atoms with E-state index in [1.165, 1.54) is 13.1 Å². The minimum Gasteiger partial charge on any atom is -0.392 e. The summed E-state index contributed by atoms with van der Waals surface area (Å²) in [7, 11) is 0. The van der Waals surface area contributed by atoms with Gasteiger partial charge in [0.05, 0.1) is 17.9 Å². The van der Waals surface area contributed by atoms with E-state index in [1.54, 1.807) is 0 Å². The van der Waals surface area contributed by atoms with E-state index in [2.05, 4.69) is 4.98 Å². The highest BCUT2D eigenvalue weighted by Crippen LogP contribution is 2.12. The van der Waals surface area contributed by atoms with Crippen LogP contribution in [0.5, 0.6) is 0 Å². The number of aliphatic hydroxyl groups excluding tert-OH is 1. The minimum atomic E-state index is -0.656. The number of pyridine rings is 1. The summed E-state index contributed by atoms with van der Waals surface area (Å²) in [6, 6.07) is 0. The molecule has 0 fully saturated rings. The fourth-order valence-electron chi connectivity index (χ4n) is 0.890. The molecule has 4 heteroatoms. The Labute approximate surface area is 68.9 Å². The predicted octanol–water partition coefficient (Wildman–Crippen LogP) is 0.834. The third-order valence-corrected chi connectivity index (χ3v) is 1.60. The average Bonchev–Trinajstić information content (AvgIpc) is 2.09. The standard InChI is InChI=1S/C8H8FNO2/c1-5-8(9)7(4-12)6(3-11)2-10-5/h2,4,11H,3H2,1H3. The summed E-state index contributed by atoms with van der Waals surface area (Å²) in [6.07, 6.45) is 1.68. The zero-order valence-electron chi connectivity index (χ0n) is 6.54. The molecule has 0 bridgehead atoms. The summed E-state index contributed by atoms with van der Waals surface area (Å²) in [5.41, 5.74) is 0.271. The topological polar surface area (TPSA) is 50.2 Å². The number of aromatic nitrogens is 1. The Morgan fingerprint density at radius 3 is 2.92 bits per heavy atom. The van der Waals surface area contributed by atoms with Gasteiger partial charge in [0.1, 0.15) is 0 Å². The zero-order valence-corrected chi connectivity index (χ0v) is 6.54. The first-order valence-electron chi connectivity index (χ1n) is 3.40. The molecule has 0 aliphatic heterocycles. The second kappa shape index (κ2) is 3.40. The maximum atomic E-state index is 13.0. The lowest BCUT2D eigenvalue weighted by Gasteiger charge is -2.02. The van der Waals surface area contributed by atoms with Crippen LogP contribution in [0.3, 0.4) is 0 Å². The van der Waals surface area contributed by atoms with Gasteiger partial charge in [-0.1, -0.05) is 0 Å². The fraction of sp³-hybridized carbons (Fsp3) is 0.250. The molecule has 0 atom stereocenters. The van der Waals surface area contributed by atoms with E-state index in [-0.39, 0.29) is 23.4 Å². The number of aryl methyl sites for hydroxylation is 1. The number of hydrogen-bond donors (Lipinski definition) is 1. The highest BCUT2D eigenvalue weighted by atomic mass is 19.1. The molecule has 0 unspecified atom stereocenters. The Kier molecular flexibility index (Phi) is 2.50. The van der Waals surface area contributed by atoms with Gasteiger partial charge in [-0.15, -0.1) is 0 Å². The third kappa shape index (κ3) is 1.33. The van der Waals surface area contributed by atoms with Gasteiger partial charge >= 0.3 is 0 Å². The van der Waals surface area contributed by atoms with Crippen molar-refractivity contribution in [3.05, 3.63) is 28.8 Å². The number of halogens is 1. The summed E-state index contributed by atoms with van der Waals surface area (Å²) >= 11 is 0. The minimum absolute atomic E-state index is 0.106. The van der Waals surface area contributed by atoms with E-state index in [4.69, 9.17) is 5.11 Å². The van der Waals surface area contributed by atoms with Gasteiger partial charge in [0.2, 0.25) is 0 Å². The van der Waals surface area contributed by atoms with Crippen LogP contribution in [0.25, 0.3) is 0 Å². The second-order valence-corrected chi connectivity index (χ2v) is 2.37. The molecule has 0 aliphatic rings. The average molecular weight is 169 g/mol. The van der Waals surface area contributed by atoms with Crippen molar-refractivity contribution in [2.75, 3.05) is 0 Å². The van der Waals surface area contributed by atoms with E-state index >= 15 is 0 Å². The molecule has 0 radical (unpaired) electrons. The van der Waals surface area contributed by atoms with Crippen molar-refractivity contribution < 1.29 is 14.3 Å². The lowest BCUT2D eigenvalue weighted by molar-refractivity contribution is 0.111. The monoisotopic (exact) mass is 169 g/mol. The quantitative estimate of drug-likeness (QED) is 0.667. The first kappa shape index (κ1) is 8.80. The Balaban J connectivity index is 3.35. The summed E-state index contributed by atoms with van der Waals surface area (Å²) < 4.78 is 13.0. The number of carbonyl (C=O) groups excluding carboxylic acids is 1. The molecule has 0 aromatic carbocycles. The maximum absolute atomic E-state index is 13.0. The van der Waals surface area contributed by atoms with Gasteiger partial charge in [-0.2, -0.15) is 0 Å². The number of rotatable bonds is 2. The van der Waals surface area contributed by atoms with E-state index in [1.807, 2.05) is 0 Å². The molecular weight excluding hydrogens is 161 g/mol. The first-order valence-corrected chi connectivity index (χ1v) is 3.40. The first-order chi connectivity index (χ1) is 5.70. The van der Waals surface area contributed by atoms with E-state index in [0.717, 1.165) is 0 Å². The summed E-state index contributed by atoms with van der Waals surface area (Å²) in [6.45, 7) is 1.09. The van der Waals surface area contributed by atoms with E-state index in [9.17, 15) is 9.18 Å². The Morgan fingerprint density at radius 1 is 1.75 bits per heavy atom. The van der Waals surface area contributed by atoms with Crippen LogP contribution in [0.2, 0.25) is 0 Å². The van der Waals surface area contributed by atoms with Crippen molar-refractivity contribution in [2.45, 2.75) is 13.5 Å². The Morgan fingerprint density at radius 2 is 2.42 bits per heavy atom. The van der Waals surface area contributed by atoms with Crippen LogP contribution in [0, 0.1) is 12.7 Å². The summed E-state index contributed by atoms with van der Waals surface area (Å²) in [4.78, 5) is 14.0. The molecule has 0 spiro atoms. The molecule has 1 heterocycles. The van der Waals surface area contributed by atoms with Crippen molar-refractivity contribution >= 4 is 6.29 Å². The number of hydrogen-bond acceptors (Lipinski definition) is 3. The number of aldehydes is 1. The molecule has 64 valence electrons. The molecule has 0 amide bonds. The van der Waals surface area contributed by atoms with Gasteiger partial charge in [-0.25, -0.2) is 4.39 Å². The highest BCUT2D eigenvalue weighted by molar-refractivity contribution is 5.77. The molecule has 1 rings (SSSR count). The van der Waals surface area contributed by atoms with Crippen molar-refractivity contribution in [1.29, 1.82) is 0 Å². The molecule has 12 heavy (non-hydrogen) atoms. The van der Waals surface area contributed by atoms with Gasteiger partial charge in [-0.3, -0.25) is 9.78 Å². The van der Waals surface area contributed by atoms with Crippen molar-refractivity contribution in [1.82, 2.24) is 4.98 Å². The lowest BCUT2D eigenvalue weighted by atomic mass is 10.1. The number of aliphatic hydroxyl groups is 1. The van der Waals surface area contributed by atoms with Gasteiger partial charge in [0.25, 0.3) is 0 Å². The van der Waals surface area contributed by atoms with E-state index in [0.29, 0.717) is 6.29 Å². The summed E-state index contributed by atoms with van der Waals surface area (Å²) in [5, 5.41) is 8.70. The van der Waals surface area contributed by atoms with Crippen LogP contribution in [-0.4, -0.2) is 16.4 Å². The van der Waals surface area contributed by atoms with Gasteiger partial charge < -0.3 is 5.11 Å². The molecular formula is C8H8FNO2. The van der Waals surface area contributed by atoms with E-state index < -0.39 is 5.82 Å². The third-order valence-electron chi connectivity index (χ3n) is 1.60. The molecule has 3 nitrogen and oxygen atoms in total. The number of nitrogens with zero attached hydrogens (tertiary/aromatic N) is 1. The molecule has 1 aromatic heterocycles. The zero-order chi connectivity index (χ0) is 9.14. The van der Waals surface area contributed by atoms with Crippen LogP contribution < -0.4 is 0 Å². The van der Waals surface area contributed by atoms with Crippen LogP contribution in [0.15, 0.2) is 6.20 Å². The normalized spacial score (nSPS) is 9.92. The SMILES string of the molecule is Cc1ncc(CO)c(C=O)c1F. The van der Waals surface area contributed by atoms with Crippen molar-refractivity contribution in [3.8, 4) is 0 Å². The Hall–Kier alpha value is -1.29. The van der Waals surface area contributed by atoms with Crippen LogP contribution in [0.4, 0.5) is 4.39 Å². The predicted molar refractivity (Wildman–Crippen MR) is 40.2 cm³/mol. The Bertz CT molecular complexity index is 312.